The zero-order valence-electron chi connectivity index (χ0n) is 10.5. The molecule has 0 amide bonds. The average molecular weight is 226 g/mol. The van der Waals surface area contributed by atoms with Crippen LogP contribution in [-0.2, 0) is 13.1 Å². The first kappa shape index (κ1) is 10.6. The lowest BCUT2D eigenvalue weighted by atomic mass is 10.0. The molecule has 2 aromatic rings. The Kier molecular flexibility index (Phi) is 2.52. The fraction of sp³-hybridized carbons (Fsp3) is 0.333. The third kappa shape index (κ3) is 1.89. The number of aromatic nitrogens is 1. The predicted molar refractivity (Wildman–Crippen MR) is 71.0 cm³/mol. The van der Waals surface area contributed by atoms with Crippen LogP contribution in [0, 0.1) is 13.8 Å². The van der Waals surface area contributed by atoms with Gasteiger partial charge in [-0.15, -0.1) is 0 Å². The number of nitrogens with zero attached hydrogens (tertiary/aromatic N) is 1. The summed E-state index contributed by atoms with van der Waals surface area (Å²) < 4.78 is 2.36. The van der Waals surface area contributed by atoms with Crippen LogP contribution in [0.1, 0.15) is 16.8 Å². The number of aryl methyl sites for hydroxylation is 2. The van der Waals surface area contributed by atoms with Gasteiger partial charge in [0.1, 0.15) is 0 Å². The standard InChI is InChI=1S/C15H18N2/c1-11-3-4-13(7-12(11)2)14-8-15-9-16-5-6-17(15)10-14/h3-4,7-8,10,16H,5-6,9H2,1-2H3. The summed E-state index contributed by atoms with van der Waals surface area (Å²) in [4.78, 5) is 0. The van der Waals surface area contributed by atoms with Crippen LogP contribution in [0.4, 0.5) is 0 Å². The monoisotopic (exact) mass is 226 g/mol. The summed E-state index contributed by atoms with van der Waals surface area (Å²) in [7, 11) is 0. The van der Waals surface area contributed by atoms with Gasteiger partial charge in [0.2, 0.25) is 0 Å². The van der Waals surface area contributed by atoms with Gasteiger partial charge < -0.3 is 9.88 Å². The Balaban J connectivity index is 2.03. The van der Waals surface area contributed by atoms with Crippen LogP contribution in [0.3, 0.4) is 0 Å². The molecule has 0 radical (unpaired) electrons. The highest BCUT2D eigenvalue weighted by Gasteiger charge is 2.11. The van der Waals surface area contributed by atoms with Crippen molar-refractivity contribution < 1.29 is 0 Å². The van der Waals surface area contributed by atoms with E-state index in [-0.39, 0.29) is 0 Å². The molecule has 88 valence electrons. The lowest BCUT2D eigenvalue weighted by molar-refractivity contribution is 0.517. The molecule has 0 bridgehead atoms. The fourth-order valence-corrected chi connectivity index (χ4v) is 2.41. The Morgan fingerprint density at radius 3 is 2.71 bits per heavy atom. The van der Waals surface area contributed by atoms with Crippen LogP contribution in [-0.4, -0.2) is 11.1 Å². The van der Waals surface area contributed by atoms with E-state index in [1.54, 1.807) is 0 Å². The van der Waals surface area contributed by atoms with E-state index in [2.05, 4.69) is 54.2 Å². The van der Waals surface area contributed by atoms with Crippen molar-refractivity contribution in [3.8, 4) is 11.1 Å². The smallest absolute Gasteiger partial charge is 0.0360 e. The third-order valence-electron chi connectivity index (χ3n) is 3.66. The van der Waals surface area contributed by atoms with Crippen molar-refractivity contribution in [2.75, 3.05) is 6.54 Å². The molecule has 2 heteroatoms. The Bertz CT molecular complexity index is 529. The SMILES string of the molecule is Cc1ccc(-c2cc3n(c2)CCNC3)cc1C. The van der Waals surface area contributed by atoms with E-state index in [9.17, 15) is 0 Å². The molecule has 0 aliphatic carbocycles. The van der Waals surface area contributed by atoms with E-state index in [0.717, 1.165) is 19.6 Å². The number of benzene rings is 1. The first-order valence-electron chi connectivity index (χ1n) is 6.21. The molecule has 3 rings (SSSR count). The molecule has 1 aliphatic rings. The minimum absolute atomic E-state index is 0.991. The number of hydrogen-bond donors (Lipinski definition) is 1. The number of rotatable bonds is 1. The maximum atomic E-state index is 3.41. The molecule has 1 N–H and O–H groups in total. The van der Waals surface area contributed by atoms with E-state index in [0.29, 0.717) is 0 Å². The summed E-state index contributed by atoms with van der Waals surface area (Å²) in [6, 6.07) is 9.01. The van der Waals surface area contributed by atoms with Crippen molar-refractivity contribution in [2.24, 2.45) is 0 Å². The second-order valence-electron chi connectivity index (χ2n) is 4.89. The highest BCUT2D eigenvalue weighted by Crippen LogP contribution is 2.25. The first-order valence-corrected chi connectivity index (χ1v) is 6.21. The summed E-state index contributed by atoms with van der Waals surface area (Å²) in [5.74, 6) is 0. The normalized spacial score (nSPS) is 14.7. The Morgan fingerprint density at radius 1 is 1.06 bits per heavy atom. The molecule has 2 nitrogen and oxygen atoms in total. The van der Waals surface area contributed by atoms with E-state index >= 15 is 0 Å². The zero-order chi connectivity index (χ0) is 11.8. The van der Waals surface area contributed by atoms with Crippen molar-refractivity contribution in [2.45, 2.75) is 26.9 Å². The van der Waals surface area contributed by atoms with E-state index in [1.807, 2.05) is 0 Å². The van der Waals surface area contributed by atoms with Gasteiger partial charge in [-0.1, -0.05) is 18.2 Å². The van der Waals surface area contributed by atoms with Gasteiger partial charge in [-0.05, 0) is 42.2 Å². The minimum atomic E-state index is 0.991. The molecule has 1 aliphatic heterocycles. The predicted octanol–water partition coefficient (Wildman–Crippen LogP) is 2.88. The van der Waals surface area contributed by atoms with E-state index in [4.69, 9.17) is 0 Å². The molecule has 0 fully saturated rings. The maximum absolute atomic E-state index is 3.41. The van der Waals surface area contributed by atoms with Crippen LogP contribution in [0.15, 0.2) is 30.5 Å². The largest absolute Gasteiger partial charge is 0.348 e. The van der Waals surface area contributed by atoms with Crippen LogP contribution >= 0.6 is 0 Å². The van der Waals surface area contributed by atoms with Gasteiger partial charge in [-0.25, -0.2) is 0 Å². The van der Waals surface area contributed by atoms with Crippen molar-refractivity contribution in [3.05, 3.63) is 47.3 Å². The highest BCUT2D eigenvalue weighted by atomic mass is 15.1. The molecule has 0 unspecified atom stereocenters. The molecule has 1 aromatic carbocycles. The van der Waals surface area contributed by atoms with Gasteiger partial charge in [0.05, 0.1) is 0 Å². The van der Waals surface area contributed by atoms with Gasteiger partial charge >= 0.3 is 0 Å². The Labute approximate surface area is 102 Å². The molecular weight excluding hydrogens is 208 g/mol. The van der Waals surface area contributed by atoms with Gasteiger partial charge in [0, 0.05) is 31.5 Å². The molecule has 0 saturated heterocycles. The summed E-state index contributed by atoms with van der Waals surface area (Å²) in [6.45, 7) is 7.49. The lowest BCUT2D eigenvalue weighted by Gasteiger charge is -2.15. The van der Waals surface area contributed by atoms with Crippen LogP contribution in [0.5, 0.6) is 0 Å². The summed E-state index contributed by atoms with van der Waals surface area (Å²) in [6.07, 6.45) is 2.28. The van der Waals surface area contributed by atoms with Crippen LogP contribution in [0.2, 0.25) is 0 Å². The number of fused-ring (bicyclic) bond motifs is 1. The molecular formula is C15H18N2. The van der Waals surface area contributed by atoms with Gasteiger partial charge in [-0.3, -0.25) is 0 Å². The van der Waals surface area contributed by atoms with E-state index < -0.39 is 0 Å². The van der Waals surface area contributed by atoms with Crippen molar-refractivity contribution in [3.63, 3.8) is 0 Å². The highest BCUT2D eigenvalue weighted by molar-refractivity contribution is 5.65. The van der Waals surface area contributed by atoms with Gasteiger partial charge in [0.25, 0.3) is 0 Å². The molecule has 1 aromatic heterocycles. The molecule has 2 heterocycles. The van der Waals surface area contributed by atoms with Crippen molar-refractivity contribution >= 4 is 0 Å². The molecule has 17 heavy (non-hydrogen) atoms. The van der Waals surface area contributed by atoms with Crippen molar-refractivity contribution in [1.29, 1.82) is 0 Å². The number of nitrogens with one attached hydrogen (secondary N) is 1. The topological polar surface area (TPSA) is 17.0 Å². The zero-order valence-corrected chi connectivity index (χ0v) is 10.5. The van der Waals surface area contributed by atoms with Crippen LogP contribution < -0.4 is 5.32 Å². The first-order chi connectivity index (χ1) is 8.24. The average Bonchev–Trinajstić information content (AvgIpc) is 2.76. The van der Waals surface area contributed by atoms with E-state index in [1.165, 1.54) is 27.9 Å². The second-order valence-corrected chi connectivity index (χ2v) is 4.89. The lowest BCUT2D eigenvalue weighted by Crippen LogP contribution is -2.27. The Morgan fingerprint density at radius 2 is 1.94 bits per heavy atom. The second kappa shape index (κ2) is 4.04. The fourth-order valence-electron chi connectivity index (χ4n) is 2.41. The molecule has 0 spiro atoms. The van der Waals surface area contributed by atoms with Gasteiger partial charge in [0.15, 0.2) is 0 Å². The summed E-state index contributed by atoms with van der Waals surface area (Å²) in [5, 5.41) is 3.41. The quantitative estimate of drug-likeness (QED) is 0.791. The van der Waals surface area contributed by atoms with Crippen molar-refractivity contribution in [1.82, 2.24) is 9.88 Å². The maximum Gasteiger partial charge on any atom is 0.0360 e. The molecule has 0 atom stereocenters. The summed E-state index contributed by atoms with van der Waals surface area (Å²) >= 11 is 0. The number of hydrogen-bond acceptors (Lipinski definition) is 1. The van der Waals surface area contributed by atoms with Crippen LogP contribution in [0.25, 0.3) is 11.1 Å². The third-order valence-corrected chi connectivity index (χ3v) is 3.66. The Hall–Kier alpha value is -1.54. The molecule has 0 saturated carbocycles. The summed E-state index contributed by atoms with van der Waals surface area (Å²) in [5.41, 5.74) is 6.79. The minimum Gasteiger partial charge on any atom is -0.348 e. The van der Waals surface area contributed by atoms with Gasteiger partial charge in [-0.2, -0.15) is 0 Å².